The van der Waals surface area contributed by atoms with Gasteiger partial charge < -0.3 is 0 Å². The van der Waals surface area contributed by atoms with Crippen LogP contribution in [0.2, 0.25) is 5.02 Å². The lowest BCUT2D eigenvalue weighted by atomic mass is 10.2. The van der Waals surface area contributed by atoms with Crippen LogP contribution < -0.4 is 0 Å². The van der Waals surface area contributed by atoms with Crippen LogP contribution in [-0.2, 0) is 0 Å². The molecule has 1 heterocycles. The van der Waals surface area contributed by atoms with Crippen molar-refractivity contribution in [3.05, 3.63) is 26.9 Å². The van der Waals surface area contributed by atoms with Crippen molar-refractivity contribution in [2.24, 2.45) is 0 Å². The van der Waals surface area contributed by atoms with Crippen molar-refractivity contribution in [2.75, 3.05) is 0 Å². The number of pyridine rings is 1. The number of rotatable bonds is 1. The van der Waals surface area contributed by atoms with Crippen molar-refractivity contribution >= 4 is 27.5 Å². The molecule has 68 valence electrons. The van der Waals surface area contributed by atoms with Crippen molar-refractivity contribution in [3.8, 4) is 6.07 Å². The predicted molar refractivity (Wildman–Crippen MR) is 46.6 cm³/mol. The summed E-state index contributed by atoms with van der Waals surface area (Å²) in [5.41, 5.74) is -0.762. The van der Waals surface area contributed by atoms with Gasteiger partial charge in [-0.1, -0.05) is 11.6 Å². The Hall–Kier alpha value is -0.730. The number of hydrogen-bond acceptors (Lipinski definition) is 2. The zero-order valence-electron chi connectivity index (χ0n) is 6.06. The van der Waals surface area contributed by atoms with Crippen LogP contribution in [0.3, 0.4) is 0 Å². The summed E-state index contributed by atoms with van der Waals surface area (Å²) in [6, 6.07) is 2.75. The van der Waals surface area contributed by atoms with E-state index >= 15 is 0 Å². The highest BCUT2D eigenvalue weighted by Gasteiger charge is 2.17. The van der Waals surface area contributed by atoms with Gasteiger partial charge in [0.2, 0.25) is 0 Å². The molecule has 6 heteroatoms. The van der Waals surface area contributed by atoms with Gasteiger partial charge in [0.15, 0.2) is 0 Å². The molecule has 13 heavy (non-hydrogen) atoms. The average molecular weight is 267 g/mol. The van der Waals surface area contributed by atoms with E-state index in [1.54, 1.807) is 6.07 Å². The van der Waals surface area contributed by atoms with Crippen molar-refractivity contribution in [1.82, 2.24) is 4.98 Å². The molecule has 0 aliphatic carbocycles. The zero-order chi connectivity index (χ0) is 10.0. The number of nitriles is 1. The molecule has 0 aromatic carbocycles. The SMILES string of the molecule is N#Cc1cc(Cl)c(Br)nc1C(F)F. The van der Waals surface area contributed by atoms with E-state index in [0.717, 1.165) is 6.07 Å². The van der Waals surface area contributed by atoms with Gasteiger partial charge in [-0.3, -0.25) is 0 Å². The third kappa shape index (κ3) is 2.14. The summed E-state index contributed by atoms with van der Waals surface area (Å²) in [5.74, 6) is 0. The van der Waals surface area contributed by atoms with Crippen LogP contribution in [0.5, 0.6) is 0 Å². The standard InChI is InChI=1S/C7H2BrClF2N2/c8-6-4(9)1-3(2-12)5(13-6)7(10)11/h1,7H. The van der Waals surface area contributed by atoms with Crippen molar-refractivity contribution in [1.29, 1.82) is 5.26 Å². The molecular formula is C7H2BrClF2N2. The van der Waals surface area contributed by atoms with Gasteiger partial charge in [-0.2, -0.15) is 5.26 Å². The Labute approximate surface area is 86.3 Å². The number of halogens is 4. The summed E-state index contributed by atoms with van der Waals surface area (Å²) in [6.45, 7) is 0. The summed E-state index contributed by atoms with van der Waals surface area (Å²) in [4.78, 5) is 3.46. The molecule has 0 aliphatic rings. The minimum atomic E-state index is -2.77. The first kappa shape index (κ1) is 10.4. The Morgan fingerprint density at radius 2 is 2.23 bits per heavy atom. The highest BCUT2D eigenvalue weighted by Crippen LogP contribution is 2.27. The fourth-order valence-electron chi connectivity index (χ4n) is 0.735. The smallest absolute Gasteiger partial charge is 0.237 e. The molecule has 0 bridgehead atoms. The van der Waals surface area contributed by atoms with Crippen LogP contribution in [-0.4, -0.2) is 4.98 Å². The van der Waals surface area contributed by atoms with E-state index in [1.807, 2.05) is 0 Å². The number of hydrogen-bond donors (Lipinski definition) is 0. The van der Waals surface area contributed by atoms with Crippen LogP contribution in [0, 0.1) is 11.3 Å². The van der Waals surface area contributed by atoms with E-state index in [0.29, 0.717) is 0 Å². The van der Waals surface area contributed by atoms with Gasteiger partial charge in [0.1, 0.15) is 16.4 Å². The van der Waals surface area contributed by atoms with E-state index in [4.69, 9.17) is 16.9 Å². The molecule has 1 rings (SSSR count). The van der Waals surface area contributed by atoms with Gasteiger partial charge in [-0.25, -0.2) is 13.8 Å². The van der Waals surface area contributed by atoms with E-state index in [9.17, 15) is 8.78 Å². The van der Waals surface area contributed by atoms with Gasteiger partial charge in [0.25, 0.3) is 6.43 Å². The van der Waals surface area contributed by atoms with Crippen LogP contribution in [0.25, 0.3) is 0 Å². The second-order valence-corrected chi connectivity index (χ2v) is 3.26. The summed E-state index contributed by atoms with van der Waals surface area (Å²) in [5, 5.41) is 8.63. The quantitative estimate of drug-likeness (QED) is 0.732. The fourth-order valence-corrected chi connectivity index (χ4v) is 1.19. The molecule has 0 N–H and O–H groups in total. The topological polar surface area (TPSA) is 36.7 Å². The molecule has 0 radical (unpaired) electrons. The third-order valence-corrected chi connectivity index (χ3v) is 2.41. The monoisotopic (exact) mass is 266 g/mol. The Bertz CT molecular complexity index is 375. The average Bonchev–Trinajstić information content (AvgIpc) is 2.08. The third-order valence-electron chi connectivity index (χ3n) is 1.29. The van der Waals surface area contributed by atoms with Crippen molar-refractivity contribution in [2.45, 2.75) is 6.43 Å². The maximum atomic E-state index is 12.2. The van der Waals surface area contributed by atoms with Crippen LogP contribution >= 0.6 is 27.5 Å². The highest BCUT2D eigenvalue weighted by atomic mass is 79.9. The maximum absolute atomic E-state index is 12.2. The summed E-state index contributed by atoms with van der Waals surface area (Å²) >= 11 is 8.46. The zero-order valence-corrected chi connectivity index (χ0v) is 8.40. The predicted octanol–water partition coefficient (Wildman–Crippen LogP) is 3.31. The molecule has 0 saturated heterocycles. The Kier molecular flexibility index (Phi) is 3.17. The van der Waals surface area contributed by atoms with Gasteiger partial charge in [0, 0.05) is 0 Å². The first-order valence-electron chi connectivity index (χ1n) is 3.10. The van der Waals surface area contributed by atoms with Gasteiger partial charge in [0.05, 0.1) is 10.6 Å². The van der Waals surface area contributed by atoms with Gasteiger partial charge in [-0.05, 0) is 22.0 Å². The summed E-state index contributed by atoms with van der Waals surface area (Å²) in [7, 11) is 0. The van der Waals surface area contributed by atoms with E-state index in [1.165, 1.54) is 0 Å². The minimum absolute atomic E-state index is 0.114. The van der Waals surface area contributed by atoms with Crippen molar-refractivity contribution in [3.63, 3.8) is 0 Å². The molecule has 1 aromatic rings. The largest absolute Gasteiger partial charge is 0.281 e. The molecule has 0 unspecified atom stereocenters. The molecule has 0 aliphatic heterocycles. The highest BCUT2D eigenvalue weighted by molar-refractivity contribution is 9.10. The number of alkyl halides is 2. The Morgan fingerprint density at radius 1 is 1.62 bits per heavy atom. The first-order chi connectivity index (χ1) is 6.06. The van der Waals surface area contributed by atoms with Gasteiger partial charge in [-0.15, -0.1) is 0 Å². The number of aromatic nitrogens is 1. The molecule has 0 saturated carbocycles. The minimum Gasteiger partial charge on any atom is -0.237 e. The second kappa shape index (κ2) is 3.99. The summed E-state index contributed by atoms with van der Waals surface area (Å²) in [6.07, 6.45) is -2.77. The Balaban J connectivity index is 3.35. The number of nitrogens with zero attached hydrogens (tertiary/aromatic N) is 2. The Morgan fingerprint density at radius 3 is 2.69 bits per heavy atom. The van der Waals surface area contributed by atoms with Crippen LogP contribution in [0.4, 0.5) is 8.78 Å². The lowest BCUT2D eigenvalue weighted by Crippen LogP contribution is -1.96. The maximum Gasteiger partial charge on any atom is 0.281 e. The molecular weight excluding hydrogens is 265 g/mol. The van der Waals surface area contributed by atoms with Crippen LogP contribution in [0.1, 0.15) is 17.7 Å². The van der Waals surface area contributed by atoms with E-state index < -0.39 is 12.1 Å². The molecule has 0 spiro atoms. The molecule has 0 fully saturated rings. The fraction of sp³-hybridized carbons (Fsp3) is 0.143. The lowest BCUT2D eigenvalue weighted by molar-refractivity contribution is 0.145. The normalized spacial score (nSPS) is 10.2. The van der Waals surface area contributed by atoms with Gasteiger partial charge >= 0.3 is 0 Å². The molecule has 2 nitrogen and oxygen atoms in total. The molecule has 0 amide bonds. The van der Waals surface area contributed by atoms with Crippen molar-refractivity contribution < 1.29 is 8.78 Å². The molecule has 1 aromatic heterocycles. The first-order valence-corrected chi connectivity index (χ1v) is 4.27. The molecule has 0 atom stereocenters. The summed E-state index contributed by atoms with van der Waals surface area (Å²) < 4.78 is 24.6. The van der Waals surface area contributed by atoms with E-state index in [-0.39, 0.29) is 15.2 Å². The van der Waals surface area contributed by atoms with E-state index in [2.05, 4.69) is 20.9 Å². The second-order valence-electron chi connectivity index (χ2n) is 2.11. The van der Waals surface area contributed by atoms with Crippen LogP contribution in [0.15, 0.2) is 10.7 Å². The lowest BCUT2D eigenvalue weighted by Gasteiger charge is -2.03.